The summed E-state index contributed by atoms with van der Waals surface area (Å²) in [4.78, 5) is 16.7. The number of aromatic hydroxyl groups is 1. The molecule has 0 saturated heterocycles. The van der Waals surface area contributed by atoms with Crippen LogP contribution in [0.5, 0.6) is 5.75 Å². The van der Waals surface area contributed by atoms with E-state index in [2.05, 4.69) is 27.0 Å². The number of phenolic OH excluding ortho intramolecular Hbond substituents is 1. The molecule has 0 atom stereocenters. The van der Waals surface area contributed by atoms with Gasteiger partial charge in [0.05, 0.1) is 17.5 Å². The Bertz CT molecular complexity index is 1490. The Kier molecular flexibility index (Phi) is 5.66. The number of nitrogens with zero attached hydrogens (tertiary/aromatic N) is 3. The van der Waals surface area contributed by atoms with E-state index in [4.69, 9.17) is 0 Å². The van der Waals surface area contributed by atoms with Crippen molar-refractivity contribution in [2.45, 2.75) is 6.54 Å². The number of halogens is 1. The van der Waals surface area contributed by atoms with E-state index in [-0.39, 0.29) is 5.91 Å². The molecular weight excluding hydrogens is 431 g/mol. The number of rotatable bonds is 6. The van der Waals surface area contributed by atoms with Gasteiger partial charge < -0.3 is 19.6 Å². The molecule has 0 spiro atoms. The number of anilines is 1. The molecular formula is C27H21FN4O2. The summed E-state index contributed by atoms with van der Waals surface area (Å²) in [6.07, 6.45) is 10.3. The molecule has 3 aromatic carbocycles. The van der Waals surface area contributed by atoms with Crippen LogP contribution in [0.3, 0.4) is 0 Å². The minimum Gasteiger partial charge on any atom is -0.505 e. The molecule has 0 bridgehead atoms. The van der Waals surface area contributed by atoms with Gasteiger partial charge in [-0.05, 0) is 53.6 Å². The molecule has 2 aromatic heterocycles. The Morgan fingerprint density at radius 3 is 2.68 bits per heavy atom. The average Bonchev–Trinajstić information content (AvgIpc) is 3.52. The number of aromatic nitrogens is 3. The number of carbonyl (C=O) groups excluding carboxylic acids is 1. The number of nitrogens with one attached hydrogen (secondary N) is 1. The largest absolute Gasteiger partial charge is 0.505 e. The van der Waals surface area contributed by atoms with Crippen LogP contribution in [0.1, 0.15) is 11.1 Å². The lowest BCUT2D eigenvalue weighted by Crippen LogP contribution is -2.09. The maximum atomic E-state index is 13.2. The van der Waals surface area contributed by atoms with Crippen molar-refractivity contribution in [2.24, 2.45) is 0 Å². The van der Waals surface area contributed by atoms with Crippen LogP contribution in [0, 0.1) is 5.82 Å². The molecule has 0 saturated carbocycles. The minimum atomic E-state index is -0.703. The topological polar surface area (TPSA) is 72.1 Å². The monoisotopic (exact) mass is 452 g/mol. The highest BCUT2D eigenvalue weighted by Crippen LogP contribution is 2.26. The van der Waals surface area contributed by atoms with Gasteiger partial charge in [-0.3, -0.25) is 4.79 Å². The highest BCUT2D eigenvalue weighted by Gasteiger charge is 2.09. The van der Waals surface area contributed by atoms with E-state index in [9.17, 15) is 14.3 Å². The minimum absolute atomic E-state index is 0.325. The van der Waals surface area contributed by atoms with Gasteiger partial charge in [0, 0.05) is 42.3 Å². The fourth-order valence-electron chi connectivity index (χ4n) is 3.86. The van der Waals surface area contributed by atoms with Crippen molar-refractivity contribution >= 4 is 28.6 Å². The van der Waals surface area contributed by atoms with Crippen molar-refractivity contribution in [1.29, 1.82) is 0 Å². The highest BCUT2D eigenvalue weighted by molar-refractivity contribution is 6.06. The zero-order valence-corrected chi connectivity index (χ0v) is 18.1. The molecule has 5 aromatic rings. The van der Waals surface area contributed by atoms with E-state index in [1.54, 1.807) is 12.5 Å². The summed E-state index contributed by atoms with van der Waals surface area (Å²) in [6, 6.07) is 19.9. The Hall–Kier alpha value is -4.65. The third kappa shape index (κ3) is 4.45. The number of benzene rings is 3. The summed E-state index contributed by atoms with van der Waals surface area (Å²) in [7, 11) is 0. The molecule has 6 nitrogen and oxygen atoms in total. The maximum Gasteiger partial charge on any atom is 0.248 e. The lowest BCUT2D eigenvalue weighted by Gasteiger charge is -2.11. The van der Waals surface area contributed by atoms with Crippen molar-refractivity contribution < 1.29 is 14.3 Å². The first-order valence-electron chi connectivity index (χ1n) is 10.7. The van der Waals surface area contributed by atoms with Crippen molar-refractivity contribution in [2.75, 3.05) is 5.32 Å². The highest BCUT2D eigenvalue weighted by atomic mass is 19.1. The number of amides is 1. The lowest BCUT2D eigenvalue weighted by molar-refractivity contribution is -0.111. The van der Waals surface area contributed by atoms with Crippen LogP contribution in [-0.2, 0) is 11.3 Å². The molecule has 2 heterocycles. The van der Waals surface area contributed by atoms with Crippen LogP contribution in [0.4, 0.5) is 10.1 Å². The predicted molar refractivity (Wildman–Crippen MR) is 130 cm³/mol. The van der Waals surface area contributed by atoms with E-state index >= 15 is 0 Å². The molecule has 7 heteroatoms. The van der Waals surface area contributed by atoms with Gasteiger partial charge in [0.2, 0.25) is 5.91 Å². The SMILES string of the molecule is O=C(/C=C/c1ccc(F)c(O)c1)Nc1cccc2ccn(Cc3ccc(-n4ccnc4)cc3)c12. The maximum absolute atomic E-state index is 13.2. The smallest absolute Gasteiger partial charge is 0.248 e. The van der Waals surface area contributed by atoms with Gasteiger partial charge in [-0.15, -0.1) is 0 Å². The van der Waals surface area contributed by atoms with E-state index in [0.29, 0.717) is 17.8 Å². The van der Waals surface area contributed by atoms with Crippen molar-refractivity contribution in [1.82, 2.24) is 14.1 Å². The summed E-state index contributed by atoms with van der Waals surface area (Å²) >= 11 is 0. The second-order valence-corrected chi connectivity index (χ2v) is 7.86. The third-order valence-electron chi connectivity index (χ3n) is 5.54. The van der Waals surface area contributed by atoms with Crippen LogP contribution in [0.25, 0.3) is 22.7 Å². The first-order chi connectivity index (χ1) is 16.6. The number of phenols is 1. The van der Waals surface area contributed by atoms with Crippen molar-refractivity contribution in [3.8, 4) is 11.4 Å². The number of hydrogen-bond acceptors (Lipinski definition) is 3. The molecule has 0 aliphatic heterocycles. The predicted octanol–water partition coefficient (Wildman–Crippen LogP) is 5.37. The number of imidazole rings is 1. The summed E-state index contributed by atoms with van der Waals surface area (Å²) < 4.78 is 17.3. The molecule has 1 amide bonds. The first kappa shape index (κ1) is 21.2. The van der Waals surface area contributed by atoms with Gasteiger partial charge in [-0.25, -0.2) is 9.37 Å². The van der Waals surface area contributed by atoms with E-state index in [0.717, 1.165) is 28.2 Å². The van der Waals surface area contributed by atoms with E-state index in [1.165, 1.54) is 24.3 Å². The molecule has 0 aliphatic rings. The molecule has 34 heavy (non-hydrogen) atoms. The summed E-state index contributed by atoms with van der Waals surface area (Å²) in [5, 5.41) is 13.4. The van der Waals surface area contributed by atoms with Crippen LogP contribution in [0.2, 0.25) is 0 Å². The Balaban J connectivity index is 1.35. The first-order valence-corrected chi connectivity index (χ1v) is 10.7. The normalized spacial score (nSPS) is 11.3. The van der Waals surface area contributed by atoms with Crippen LogP contribution < -0.4 is 5.32 Å². The van der Waals surface area contributed by atoms with Gasteiger partial charge in [0.15, 0.2) is 11.6 Å². The zero-order valence-electron chi connectivity index (χ0n) is 18.1. The summed E-state index contributed by atoms with van der Waals surface area (Å²) in [6.45, 7) is 0.644. The van der Waals surface area contributed by atoms with E-state index < -0.39 is 11.6 Å². The fraction of sp³-hybridized carbons (Fsp3) is 0.0370. The van der Waals surface area contributed by atoms with Gasteiger partial charge in [-0.1, -0.05) is 30.3 Å². The quantitative estimate of drug-likeness (QED) is 0.340. The third-order valence-corrected chi connectivity index (χ3v) is 5.54. The van der Waals surface area contributed by atoms with Gasteiger partial charge in [-0.2, -0.15) is 0 Å². The standard InChI is InChI=1S/C27H21FN4O2/c28-23-10-6-19(16-25(23)33)7-11-26(34)30-24-3-1-2-21-12-14-31(27(21)24)17-20-4-8-22(9-5-20)32-15-13-29-18-32/h1-16,18,33H,17H2,(H,30,34)/b11-7+. The number of fused-ring (bicyclic) bond motifs is 1. The van der Waals surface area contributed by atoms with Crippen molar-refractivity contribution in [3.05, 3.63) is 115 Å². The second-order valence-electron chi connectivity index (χ2n) is 7.86. The summed E-state index contributed by atoms with van der Waals surface area (Å²) in [5.74, 6) is -1.48. The molecule has 0 fully saturated rings. The lowest BCUT2D eigenvalue weighted by atomic mass is 10.2. The second kappa shape index (κ2) is 9.07. The average molecular weight is 452 g/mol. The molecule has 0 unspecified atom stereocenters. The Morgan fingerprint density at radius 1 is 1.06 bits per heavy atom. The number of hydrogen-bond donors (Lipinski definition) is 2. The molecule has 5 rings (SSSR count). The summed E-state index contributed by atoms with van der Waals surface area (Å²) in [5.41, 5.74) is 4.29. The molecule has 0 aliphatic carbocycles. The van der Waals surface area contributed by atoms with E-state index in [1.807, 2.05) is 53.4 Å². The van der Waals surface area contributed by atoms with Gasteiger partial charge >= 0.3 is 0 Å². The van der Waals surface area contributed by atoms with Gasteiger partial charge in [0.1, 0.15) is 0 Å². The van der Waals surface area contributed by atoms with Crippen LogP contribution in [-0.4, -0.2) is 25.1 Å². The van der Waals surface area contributed by atoms with Crippen LogP contribution in [0.15, 0.2) is 97.7 Å². The molecule has 0 radical (unpaired) electrons. The number of para-hydroxylation sites is 1. The fourth-order valence-corrected chi connectivity index (χ4v) is 3.86. The molecule has 2 N–H and O–H groups in total. The number of carbonyl (C=O) groups is 1. The van der Waals surface area contributed by atoms with Crippen molar-refractivity contribution in [3.63, 3.8) is 0 Å². The Labute approximate surface area is 195 Å². The zero-order chi connectivity index (χ0) is 23.5. The Morgan fingerprint density at radius 2 is 1.91 bits per heavy atom. The van der Waals surface area contributed by atoms with Gasteiger partial charge in [0.25, 0.3) is 0 Å². The molecule has 168 valence electrons. The van der Waals surface area contributed by atoms with Crippen LogP contribution >= 0.6 is 0 Å².